The molecule has 1 atom stereocenters. The van der Waals surface area contributed by atoms with E-state index in [1.54, 1.807) is 23.9 Å². The molecule has 2 rings (SSSR count). The molecule has 0 aromatic heterocycles. The van der Waals surface area contributed by atoms with Gasteiger partial charge in [-0.2, -0.15) is 11.8 Å². The molecule has 1 aliphatic carbocycles. The van der Waals surface area contributed by atoms with E-state index in [0.717, 1.165) is 17.2 Å². The molecule has 1 aliphatic rings. The van der Waals surface area contributed by atoms with E-state index < -0.39 is 0 Å². The van der Waals surface area contributed by atoms with Crippen LogP contribution >= 0.6 is 23.4 Å². The van der Waals surface area contributed by atoms with Crippen molar-refractivity contribution in [2.45, 2.75) is 37.9 Å². The van der Waals surface area contributed by atoms with Gasteiger partial charge in [-0.25, -0.2) is 0 Å². The fraction of sp³-hybridized carbons (Fsp3) is 0.533. The molecule has 1 saturated carbocycles. The monoisotopic (exact) mass is 282 g/mol. The Morgan fingerprint density at radius 1 is 1.44 bits per heavy atom. The Kier molecular flexibility index (Phi) is 5.13. The summed E-state index contributed by atoms with van der Waals surface area (Å²) < 4.78 is 0. The Morgan fingerprint density at radius 3 is 2.83 bits per heavy atom. The number of Topliss-reactive ketones (excluding diaryl/α,β-unsaturated/α-hetero) is 1. The van der Waals surface area contributed by atoms with Crippen LogP contribution in [0, 0.1) is 5.92 Å². The minimum atomic E-state index is 0.0315. The minimum absolute atomic E-state index is 0.0315. The van der Waals surface area contributed by atoms with Gasteiger partial charge in [0.15, 0.2) is 5.78 Å². The molecule has 0 spiro atoms. The molecule has 0 amide bonds. The highest BCUT2D eigenvalue weighted by molar-refractivity contribution is 8.00. The maximum Gasteiger partial charge on any atom is 0.175 e. The fourth-order valence-electron chi connectivity index (χ4n) is 2.41. The molecular formula is C15H19ClOS. The van der Waals surface area contributed by atoms with E-state index in [9.17, 15) is 4.79 Å². The number of thioether (sulfide) groups is 1. The van der Waals surface area contributed by atoms with Crippen LogP contribution in [0.1, 0.15) is 43.0 Å². The molecule has 0 saturated heterocycles. The van der Waals surface area contributed by atoms with Gasteiger partial charge in [0.2, 0.25) is 0 Å². The number of halogens is 1. The number of benzene rings is 1. The Morgan fingerprint density at radius 2 is 2.17 bits per heavy atom. The van der Waals surface area contributed by atoms with Gasteiger partial charge in [0.25, 0.3) is 0 Å². The number of carbonyl (C=O) groups excluding carboxylic acids is 1. The lowest BCUT2D eigenvalue weighted by Gasteiger charge is -2.13. The highest BCUT2D eigenvalue weighted by Crippen LogP contribution is 2.30. The molecular weight excluding hydrogens is 264 g/mol. The largest absolute Gasteiger partial charge is 0.293 e. The Bertz CT molecular complexity index is 413. The van der Waals surface area contributed by atoms with Crippen LogP contribution in [0.4, 0.5) is 0 Å². The summed E-state index contributed by atoms with van der Waals surface area (Å²) in [5.41, 5.74) is 0.730. The van der Waals surface area contributed by atoms with E-state index in [-0.39, 0.29) is 11.0 Å². The Balaban J connectivity index is 1.87. The predicted octanol–water partition coefficient (Wildman–Crippen LogP) is 4.83. The first-order valence-electron chi connectivity index (χ1n) is 6.58. The van der Waals surface area contributed by atoms with Crippen LogP contribution in [0.15, 0.2) is 24.3 Å². The summed E-state index contributed by atoms with van der Waals surface area (Å²) >= 11 is 7.71. The first-order chi connectivity index (χ1) is 8.66. The molecule has 0 heterocycles. The van der Waals surface area contributed by atoms with Crippen LogP contribution in [0.2, 0.25) is 5.02 Å². The lowest BCUT2D eigenvalue weighted by atomic mass is 10.1. The number of hydrogen-bond donors (Lipinski definition) is 0. The van der Waals surface area contributed by atoms with Crippen molar-refractivity contribution in [2.24, 2.45) is 5.92 Å². The van der Waals surface area contributed by atoms with Gasteiger partial charge in [-0.3, -0.25) is 4.79 Å². The van der Waals surface area contributed by atoms with Gasteiger partial charge in [0.05, 0.1) is 5.25 Å². The summed E-state index contributed by atoms with van der Waals surface area (Å²) in [7, 11) is 0. The topological polar surface area (TPSA) is 17.1 Å². The van der Waals surface area contributed by atoms with Crippen molar-refractivity contribution in [1.29, 1.82) is 0 Å². The average molecular weight is 283 g/mol. The quantitative estimate of drug-likeness (QED) is 0.719. The Labute approximate surface area is 118 Å². The molecule has 98 valence electrons. The third-order valence-electron chi connectivity index (χ3n) is 3.54. The first kappa shape index (κ1) is 14.0. The molecule has 1 unspecified atom stereocenters. The molecule has 1 aromatic carbocycles. The van der Waals surface area contributed by atoms with E-state index in [0.29, 0.717) is 5.02 Å². The van der Waals surface area contributed by atoms with Gasteiger partial charge >= 0.3 is 0 Å². The van der Waals surface area contributed by atoms with Crippen LogP contribution in [-0.4, -0.2) is 16.8 Å². The zero-order valence-electron chi connectivity index (χ0n) is 10.7. The van der Waals surface area contributed by atoms with E-state index in [2.05, 4.69) is 0 Å². The predicted molar refractivity (Wildman–Crippen MR) is 79.7 cm³/mol. The molecule has 1 fully saturated rings. The summed E-state index contributed by atoms with van der Waals surface area (Å²) in [4.78, 5) is 12.2. The molecule has 3 heteroatoms. The summed E-state index contributed by atoms with van der Waals surface area (Å²) in [6, 6.07) is 7.25. The SMILES string of the molecule is CC(SCC1CCCC1)C(=O)c1cccc(Cl)c1. The fourth-order valence-corrected chi connectivity index (χ4v) is 3.78. The van der Waals surface area contributed by atoms with Crippen LogP contribution < -0.4 is 0 Å². The van der Waals surface area contributed by atoms with Crippen molar-refractivity contribution < 1.29 is 4.79 Å². The van der Waals surface area contributed by atoms with E-state index in [1.807, 2.05) is 19.1 Å². The zero-order valence-corrected chi connectivity index (χ0v) is 12.3. The molecule has 0 aliphatic heterocycles. The summed E-state index contributed by atoms with van der Waals surface area (Å²) in [5.74, 6) is 2.14. The summed E-state index contributed by atoms with van der Waals surface area (Å²) in [5, 5.41) is 0.665. The van der Waals surface area contributed by atoms with E-state index >= 15 is 0 Å². The van der Waals surface area contributed by atoms with Gasteiger partial charge in [0.1, 0.15) is 0 Å². The standard InChI is InChI=1S/C15H19ClOS/c1-11(18-10-12-5-2-3-6-12)15(17)13-7-4-8-14(16)9-13/h4,7-9,11-12H,2-3,5-6,10H2,1H3. The first-order valence-corrected chi connectivity index (χ1v) is 8.01. The second-order valence-electron chi connectivity index (χ2n) is 5.00. The van der Waals surface area contributed by atoms with Gasteiger partial charge < -0.3 is 0 Å². The van der Waals surface area contributed by atoms with Crippen molar-refractivity contribution in [3.8, 4) is 0 Å². The van der Waals surface area contributed by atoms with E-state index in [4.69, 9.17) is 11.6 Å². The van der Waals surface area contributed by atoms with Gasteiger partial charge in [-0.15, -0.1) is 0 Å². The highest BCUT2D eigenvalue weighted by atomic mass is 35.5. The molecule has 1 nitrogen and oxygen atoms in total. The molecule has 0 radical (unpaired) electrons. The zero-order chi connectivity index (χ0) is 13.0. The number of ketones is 1. The second-order valence-corrected chi connectivity index (χ2v) is 6.81. The normalized spacial score (nSPS) is 17.9. The summed E-state index contributed by atoms with van der Waals surface area (Å²) in [6.45, 7) is 2.00. The smallest absolute Gasteiger partial charge is 0.175 e. The van der Waals surface area contributed by atoms with Crippen molar-refractivity contribution in [2.75, 3.05) is 5.75 Å². The maximum absolute atomic E-state index is 12.2. The minimum Gasteiger partial charge on any atom is -0.293 e. The maximum atomic E-state index is 12.2. The van der Waals surface area contributed by atoms with Crippen molar-refractivity contribution in [1.82, 2.24) is 0 Å². The molecule has 0 bridgehead atoms. The molecule has 18 heavy (non-hydrogen) atoms. The Hall–Kier alpha value is -0.470. The van der Waals surface area contributed by atoms with Crippen LogP contribution in [0.25, 0.3) is 0 Å². The lowest BCUT2D eigenvalue weighted by Crippen LogP contribution is -2.15. The van der Waals surface area contributed by atoms with E-state index in [1.165, 1.54) is 25.7 Å². The van der Waals surface area contributed by atoms with Gasteiger partial charge in [-0.1, -0.05) is 36.6 Å². The third kappa shape index (κ3) is 3.76. The van der Waals surface area contributed by atoms with Crippen LogP contribution in [-0.2, 0) is 0 Å². The molecule has 0 N–H and O–H groups in total. The average Bonchev–Trinajstić information content (AvgIpc) is 2.88. The van der Waals surface area contributed by atoms with Gasteiger partial charge in [0, 0.05) is 10.6 Å². The summed E-state index contributed by atoms with van der Waals surface area (Å²) in [6.07, 6.45) is 5.40. The van der Waals surface area contributed by atoms with Crippen LogP contribution in [0.3, 0.4) is 0 Å². The third-order valence-corrected chi connectivity index (χ3v) is 5.15. The highest BCUT2D eigenvalue weighted by Gasteiger charge is 2.20. The second kappa shape index (κ2) is 6.63. The van der Waals surface area contributed by atoms with Crippen molar-refractivity contribution in [3.05, 3.63) is 34.9 Å². The van der Waals surface area contributed by atoms with Crippen molar-refractivity contribution in [3.63, 3.8) is 0 Å². The number of rotatable bonds is 5. The number of carbonyl (C=O) groups is 1. The van der Waals surface area contributed by atoms with Gasteiger partial charge in [-0.05, 0) is 43.6 Å². The molecule has 1 aromatic rings. The van der Waals surface area contributed by atoms with Crippen molar-refractivity contribution >= 4 is 29.1 Å². The van der Waals surface area contributed by atoms with Crippen LogP contribution in [0.5, 0.6) is 0 Å². The lowest BCUT2D eigenvalue weighted by molar-refractivity contribution is 0.0994. The number of hydrogen-bond acceptors (Lipinski definition) is 2.